The molecule has 3 aromatic rings. The van der Waals surface area contributed by atoms with Crippen molar-refractivity contribution in [3.63, 3.8) is 0 Å². The van der Waals surface area contributed by atoms with Gasteiger partial charge < -0.3 is 24.8 Å². The molecule has 1 atom stereocenters. The first-order valence-electron chi connectivity index (χ1n) is 12.1. The summed E-state index contributed by atoms with van der Waals surface area (Å²) < 4.78 is 12.4. The zero-order chi connectivity index (χ0) is 24.5. The fraction of sp³-hybridized carbons (Fsp3) is 0.310. The highest BCUT2D eigenvalue weighted by atomic mass is 16.5. The first-order valence-corrected chi connectivity index (χ1v) is 12.1. The Hall–Kier alpha value is -3.64. The zero-order valence-corrected chi connectivity index (χ0v) is 20.1. The molecule has 0 amide bonds. The molecule has 0 aromatic heterocycles. The second-order valence-electron chi connectivity index (χ2n) is 9.37. The van der Waals surface area contributed by atoms with E-state index in [4.69, 9.17) is 9.47 Å². The second kappa shape index (κ2) is 9.55. The maximum atomic E-state index is 10.1. The Morgan fingerprint density at radius 3 is 2.43 bits per heavy atom. The van der Waals surface area contributed by atoms with Crippen molar-refractivity contribution in [1.82, 2.24) is 4.90 Å². The van der Waals surface area contributed by atoms with Gasteiger partial charge in [-0.25, -0.2) is 0 Å². The molecule has 0 saturated carbocycles. The highest BCUT2D eigenvalue weighted by Gasteiger charge is 2.30. The molecule has 35 heavy (non-hydrogen) atoms. The van der Waals surface area contributed by atoms with Gasteiger partial charge in [0.25, 0.3) is 0 Å². The van der Waals surface area contributed by atoms with Gasteiger partial charge in [-0.15, -0.1) is 0 Å². The quantitative estimate of drug-likeness (QED) is 0.388. The Kier molecular flexibility index (Phi) is 6.31. The van der Waals surface area contributed by atoms with Crippen LogP contribution < -0.4 is 9.47 Å². The SMILES string of the molecule is CCC1CN(CCOc2ccc([C@H]3Oc4ccc(O)cc4C(C)=C3c3ccc(O)c(O)c3)cc2)C1. The van der Waals surface area contributed by atoms with Gasteiger partial charge in [0.05, 0.1) is 0 Å². The van der Waals surface area contributed by atoms with E-state index in [9.17, 15) is 15.3 Å². The predicted molar refractivity (Wildman–Crippen MR) is 136 cm³/mol. The van der Waals surface area contributed by atoms with Gasteiger partial charge in [0.2, 0.25) is 0 Å². The zero-order valence-electron chi connectivity index (χ0n) is 20.1. The molecule has 0 spiro atoms. The van der Waals surface area contributed by atoms with Crippen LogP contribution in [-0.2, 0) is 0 Å². The number of phenols is 3. The van der Waals surface area contributed by atoms with Crippen molar-refractivity contribution < 1.29 is 24.8 Å². The summed E-state index contributed by atoms with van der Waals surface area (Å²) in [6, 6.07) is 17.7. The molecule has 2 aliphatic rings. The van der Waals surface area contributed by atoms with Gasteiger partial charge in [0.15, 0.2) is 11.5 Å². The minimum Gasteiger partial charge on any atom is -0.508 e. The monoisotopic (exact) mass is 473 g/mol. The number of allylic oxidation sites excluding steroid dienone is 1. The van der Waals surface area contributed by atoms with Crippen molar-refractivity contribution >= 4 is 11.1 Å². The summed E-state index contributed by atoms with van der Waals surface area (Å²) in [4.78, 5) is 2.42. The average molecular weight is 474 g/mol. The lowest BCUT2D eigenvalue weighted by atomic mass is 9.86. The Bertz CT molecular complexity index is 1240. The fourth-order valence-corrected chi connectivity index (χ4v) is 4.88. The summed E-state index contributed by atoms with van der Waals surface area (Å²) in [5.74, 6) is 2.11. The fourth-order valence-electron chi connectivity index (χ4n) is 4.88. The van der Waals surface area contributed by atoms with Crippen molar-refractivity contribution in [2.45, 2.75) is 26.4 Å². The molecule has 1 saturated heterocycles. The smallest absolute Gasteiger partial charge is 0.158 e. The summed E-state index contributed by atoms with van der Waals surface area (Å²) in [7, 11) is 0. The molecule has 6 nitrogen and oxygen atoms in total. The van der Waals surface area contributed by atoms with E-state index in [2.05, 4.69) is 11.8 Å². The highest BCUT2D eigenvalue weighted by Crippen LogP contribution is 2.48. The van der Waals surface area contributed by atoms with E-state index in [1.165, 1.54) is 31.6 Å². The number of nitrogens with zero attached hydrogens (tertiary/aromatic N) is 1. The van der Waals surface area contributed by atoms with Gasteiger partial charge in [-0.3, -0.25) is 4.90 Å². The van der Waals surface area contributed by atoms with E-state index >= 15 is 0 Å². The average Bonchev–Trinajstić information content (AvgIpc) is 2.83. The van der Waals surface area contributed by atoms with Crippen LogP contribution in [0, 0.1) is 5.92 Å². The first-order chi connectivity index (χ1) is 16.9. The lowest BCUT2D eigenvalue weighted by molar-refractivity contribution is 0.0806. The molecular formula is C29H31NO5. The highest BCUT2D eigenvalue weighted by molar-refractivity contribution is 5.96. The van der Waals surface area contributed by atoms with Crippen molar-refractivity contribution in [3.05, 3.63) is 77.4 Å². The van der Waals surface area contributed by atoms with Gasteiger partial charge in [-0.05, 0) is 72.0 Å². The topological polar surface area (TPSA) is 82.4 Å². The van der Waals surface area contributed by atoms with E-state index in [1.54, 1.807) is 24.3 Å². The van der Waals surface area contributed by atoms with Crippen molar-refractivity contribution in [1.29, 1.82) is 0 Å². The first kappa shape index (κ1) is 23.1. The predicted octanol–water partition coefficient (Wildman–Crippen LogP) is 5.59. The van der Waals surface area contributed by atoms with E-state index < -0.39 is 6.10 Å². The number of hydrogen-bond donors (Lipinski definition) is 3. The van der Waals surface area contributed by atoms with Crippen LogP contribution in [0.2, 0.25) is 0 Å². The number of benzene rings is 3. The van der Waals surface area contributed by atoms with Crippen molar-refractivity contribution in [2.24, 2.45) is 5.92 Å². The third kappa shape index (κ3) is 4.66. The van der Waals surface area contributed by atoms with Gasteiger partial charge in [-0.2, -0.15) is 0 Å². The standard InChI is InChI=1S/C29H31NO5/c1-3-19-16-30(17-19)12-13-34-23-8-4-20(5-9-23)29-28(21-6-10-25(32)26(33)14-21)18(2)24-15-22(31)7-11-27(24)35-29/h4-11,14-15,19,29,31-33H,3,12-13,16-17H2,1-2H3/t29-/m1/s1. The minimum absolute atomic E-state index is 0.156. The van der Waals surface area contributed by atoms with Crippen molar-refractivity contribution in [2.75, 3.05) is 26.2 Å². The minimum atomic E-state index is -0.433. The van der Waals surface area contributed by atoms with Crippen LogP contribution in [0.5, 0.6) is 28.7 Å². The molecule has 0 bridgehead atoms. The van der Waals surface area contributed by atoms with Crippen LogP contribution in [0.3, 0.4) is 0 Å². The number of hydrogen-bond acceptors (Lipinski definition) is 6. The van der Waals surface area contributed by atoms with Gasteiger partial charge in [0, 0.05) is 30.8 Å². The Labute approximate surface area is 205 Å². The maximum absolute atomic E-state index is 10.1. The van der Waals surface area contributed by atoms with Gasteiger partial charge in [0.1, 0.15) is 30.0 Å². The Balaban J connectivity index is 1.40. The van der Waals surface area contributed by atoms with Crippen LogP contribution in [0.15, 0.2) is 60.7 Å². The van der Waals surface area contributed by atoms with Gasteiger partial charge in [-0.1, -0.05) is 31.5 Å². The van der Waals surface area contributed by atoms with Crippen LogP contribution in [-0.4, -0.2) is 46.5 Å². The number of fused-ring (bicyclic) bond motifs is 1. The van der Waals surface area contributed by atoms with E-state index in [1.807, 2.05) is 31.2 Å². The molecule has 5 rings (SSSR count). The molecule has 1 fully saturated rings. The number of aromatic hydroxyl groups is 3. The summed E-state index contributed by atoms with van der Waals surface area (Å²) in [5, 5.41) is 30.0. The Morgan fingerprint density at radius 1 is 0.943 bits per heavy atom. The molecule has 0 aliphatic carbocycles. The summed E-state index contributed by atoms with van der Waals surface area (Å²) in [6.07, 6.45) is 0.810. The van der Waals surface area contributed by atoms with E-state index in [0.717, 1.165) is 46.0 Å². The van der Waals surface area contributed by atoms with Crippen LogP contribution in [0.1, 0.15) is 43.1 Å². The van der Waals surface area contributed by atoms with Crippen LogP contribution in [0.4, 0.5) is 0 Å². The Morgan fingerprint density at radius 2 is 1.71 bits per heavy atom. The molecule has 182 valence electrons. The maximum Gasteiger partial charge on any atom is 0.158 e. The number of ether oxygens (including phenoxy) is 2. The molecule has 6 heteroatoms. The second-order valence-corrected chi connectivity index (χ2v) is 9.37. The molecule has 0 unspecified atom stereocenters. The summed E-state index contributed by atoms with van der Waals surface area (Å²) in [5.41, 5.74) is 4.25. The number of rotatable bonds is 7. The summed E-state index contributed by atoms with van der Waals surface area (Å²) >= 11 is 0. The number of phenolic OH excluding ortho intramolecular Hbond substituents is 3. The largest absolute Gasteiger partial charge is 0.508 e. The van der Waals surface area contributed by atoms with Gasteiger partial charge >= 0.3 is 0 Å². The molecule has 2 aliphatic heterocycles. The van der Waals surface area contributed by atoms with Crippen LogP contribution in [0.25, 0.3) is 11.1 Å². The molecule has 2 heterocycles. The van der Waals surface area contributed by atoms with Crippen molar-refractivity contribution in [3.8, 4) is 28.7 Å². The molecule has 3 aromatic carbocycles. The third-order valence-electron chi connectivity index (χ3n) is 7.03. The summed E-state index contributed by atoms with van der Waals surface area (Å²) in [6.45, 7) is 8.14. The normalized spacial score (nSPS) is 18.1. The third-order valence-corrected chi connectivity index (χ3v) is 7.03. The lowest BCUT2D eigenvalue weighted by Crippen LogP contribution is -2.47. The molecular weight excluding hydrogens is 442 g/mol. The molecule has 0 radical (unpaired) electrons. The number of likely N-dealkylation sites (tertiary alicyclic amines) is 1. The lowest BCUT2D eigenvalue weighted by Gasteiger charge is -2.38. The van der Waals surface area contributed by atoms with Crippen LogP contribution >= 0.6 is 0 Å². The molecule has 3 N–H and O–H groups in total. The van der Waals surface area contributed by atoms with E-state index in [0.29, 0.717) is 12.4 Å². The van der Waals surface area contributed by atoms with E-state index in [-0.39, 0.29) is 17.2 Å².